The van der Waals surface area contributed by atoms with Gasteiger partial charge >= 0.3 is 6.18 Å². The van der Waals surface area contributed by atoms with Crippen LogP contribution >= 0.6 is 15.9 Å². The zero-order chi connectivity index (χ0) is 50.8. The maximum absolute atomic E-state index is 13.1. The summed E-state index contributed by atoms with van der Waals surface area (Å²) in [6, 6.07) is 43.4. The van der Waals surface area contributed by atoms with Crippen molar-refractivity contribution in [2.24, 2.45) is 17.8 Å². The first kappa shape index (κ1) is 55.6. The average molecular weight is 1010 g/mol. The molecular weight excluding hydrogens is 936 g/mol. The Morgan fingerprint density at radius 3 is 1.12 bits per heavy atom. The van der Waals surface area contributed by atoms with Crippen LogP contribution in [0.25, 0.3) is 0 Å². The summed E-state index contributed by atoms with van der Waals surface area (Å²) in [4.78, 5) is 37.5. The number of para-hydroxylation sites is 3. The molecule has 0 spiro atoms. The van der Waals surface area contributed by atoms with Crippen molar-refractivity contribution in [1.82, 2.24) is 0 Å². The maximum Gasteiger partial charge on any atom is 0.417 e. The van der Waals surface area contributed by atoms with E-state index in [4.69, 9.17) is 0 Å². The van der Waals surface area contributed by atoms with Crippen LogP contribution in [0.3, 0.4) is 0 Å². The minimum absolute atomic E-state index is 0.0395. The minimum atomic E-state index is -4.57. The second kappa shape index (κ2) is 26.7. The van der Waals surface area contributed by atoms with Crippen molar-refractivity contribution in [3.8, 4) is 0 Å². The molecule has 0 fully saturated rings. The van der Waals surface area contributed by atoms with Gasteiger partial charge in [-0.15, -0.1) is 0 Å². The number of nitrogens with one attached hydrogen (secondary N) is 3. The van der Waals surface area contributed by atoms with Gasteiger partial charge in [0.05, 0.1) is 16.7 Å². The number of carbonyl (C=O) groups excluding carboxylic acids is 3. The third-order valence-electron chi connectivity index (χ3n) is 11.7. The molecule has 0 radical (unpaired) electrons. The molecule has 3 atom stereocenters. The smallest absolute Gasteiger partial charge is 0.322 e. The van der Waals surface area contributed by atoms with Gasteiger partial charge in [0.15, 0.2) is 0 Å². The fourth-order valence-corrected chi connectivity index (χ4v) is 9.06. The van der Waals surface area contributed by atoms with Crippen molar-refractivity contribution in [3.63, 3.8) is 0 Å². The van der Waals surface area contributed by atoms with E-state index < -0.39 is 17.6 Å². The van der Waals surface area contributed by atoms with Gasteiger partial charge in [-0.25, -0.2) is 0 Å². The lowest BCUT2D eigenvalue weighted by Gasteiger charge is -2.19. The number of alkyl halides is 3. The molecule has 0 saturated heterocycles. The standard InChI is InChI=1S/C20H22F3NO.C20H25NO.C19H22BrNO/c1-13(2)12-14(3)15-8-5-7-11-18(15)24-19(25)16-9-4-6-10-17(16)20(21,22)23;1-14(2)13-16(4)17-10-7-8-12-19(17)21-20(22)18-11-6-5-9-15(18)3;1-13(2)12-14(3)15-8-5-7-11-18(15)21-19(22)16-9-4-6-10-17(16)20/h4-11,13-14H,12H2,1-3H3,(H,24,25);5-12,14,16H,13H2,1-4H3,(H,21,22);4-11,13-14H,12H2,1-3H3,(H,21,22). The summed E-state index contributed by atoms with van der Waals surface area (Å²) < 4.78 is 40.2. The molecule has 0 saturated carbocycles. The van der Waals surface area contributed by atoms with Gasteiger partial charge < -0.3 is 16.0 Å². The van der Waals surface area contributed by atoms with E-state index >= 15 is 0 Å². The highest BCUT2D eigenvalue weighted by molar-refractivity contribution is 9.10. The summed E-state index contributed by atoms with van der Waals surface area (Å²) in [6.07, 6.45) is -1.44. The Bertz CT molecular complexity index is 2490. The Morgan fingerprint density at radius 2 is 0.739 bits per heavy atom. The third-order valence-corrected chi connectivity index (χ3v) is 12.4. The van der Waals surface area contributed by atoms with Crippen LogP contribution in [0.15, 0.2) is 150 Å². The number of amides is 3. The molecule has 10 heteroatoms. The zero-order valence-corrected chi connectivity index (χ0v) is 43.3. The van der Waals surface area contributed by atoms with E-state index in [-0.39, 0.29) is 23.3 Å². The van der Waals surface area contributed by atoms with Gasteiger partial charge in [0.1, 0.15) is 0 Å². The minimum Gasteiger partial charge on any atom is -0.322 e. The topological polar surface area (TPSA) is 87.3 Å². The van der Waals surface area contributed by atoms with Crippen molar-refractivity contribution in [3.05, 3.63) is 195 Å². The fourth-order valence-electron chi connectivity index (χ4n) is 8.59. The fraction of sp³-hybridized carbons (Fsp3) is 0.339. The molecular formula is C59H69BrF3N3O3. The van der Waals surface area contributed by atoms with E-state index in [1.54, 1.807) is 12.1 Å². The molecule has 0 aliphatic rings. The Balaban J connectivity index is 0.000000226. The number of benzene rings is 6. The van der Waals surface area contributed by atoms with Gasteiger partial charge in [0, 0.05) is 27.1 Å². The molecule has 6 aromatic carbocycles. The van der Waals surface area contributed by atoms with Crippen LogP contribution in [0.2, 0.25) is 0 Å². The Hall–Kier alpha value is -6.00. The summed E-state index contributed by atoms with van der Waals surface area (Å²) in [5, 5.41) is 8.79. The largest absolute Gasteiger partial charge is 0.417 e. The van der Waals surface area contributed by atoms with Crippen LogP contribution in [0.1, 0.15) is 158 Å². The van der Waals surface area contributed by atoms with Crippen molar-refractivity contribution >= 4 is 50.7 Å². The third kappa shape index (κ3) is 17.2. The molecule has 69 heavy (non-hydrogen) atoms. The number of anilines is 3. The number of aryl methyl sites for hydroxylation is 1. The highest BCUT2D eigenvalue weighted by atomic mass is 79.9. The van der Waals surface area contributed by atoms with Crippen molar-refractivity contribution < 1.29 is 27.6 Å². The quantitative estimate of drug-likeness (QED) is 0.0958. The molecule has 3 N–H and O–H groups in total. The molecule has 0 aliphatic carbocycles. The van der Waals surface area contributed by atoms with Crippen LogP contribution in [0.4, 0.5) is 30.2 Å². The zero-order valence-electron chi connectivity index (χ0n) is 41.7. The van der Waals surface area contributed by atoms with Crippen LogP contribution in [0, 0.1) is 24.7 Å². The first-order chi connectivity index (χ1) is 32.7. The predicted octanol–water partition coefficient (Wildman–Crippen LogP) is 17.4. The van der Waals surface area contributed by atoms with Gasteiger partial charge in [-0.1, -0.05) is 159 Å². The number of hydrogen-bond acceptors (Lipinski definition) is 3. The van der Waals surface area contributed by atoms with Crippen LogP contribution < -0.4 is 16.0 Å². The first-order valence-electron chi connectivity index (χ1n) is 23.8. The van der Waals surface area contributed by atoms with E-state index in [1.807, 2.05) is 104 Å². The van der Waals surface area contributed by atoms with Gasteiger partial charge in [0.2, 0.25) is 0 Å². The molecule has 0 aromatic heterocycles. The van der Waals surface area contributed by atoms with Gasteiger partial charge in [-0.05, 0) is 148 Å². The number of carbonyl (C=O) groups is 3. The molecule has 0 bridgehead atoms. The molecule has 3 unspecified atom stereocenters. The summed E-state index contributed by atoms with van der Waals surface area (Å²) in [7, 11) is 0. The van der Waals surface area contributed by atoms with E-state index in [1.165, 1.54) is 29.3 Å². The monoisotopic (exact) mass is 1000 g/mol. The lowest BCUT2D eigenvalue weighted by molar-refractivity contribution is -0.137. The summed E-state index contributed by atoms with van der Waals surface area (Å²) in [6.45, 7) is 21.6. The van der Waals surface area contributed by atoms with Crippen molar-refractivity contribution in [1.29, 1.82) is 0 Å². The van der Waals surface area contributed by atoms with E-state index in [0.717, 1.165) is 57.9 Å². The second-order valence-electron chi connectivity index (χ2n) is 19.1. The molecule has 6 rings (SSSR count). The highest BCUT2D eigenvalue weighted by Crippen LogP contribution is 2.35. The van der Waals surface area contributed by atoms with Gasteiger partial charge in [-0.3, -0.25) is 14.4 Å². The molecule has 6 nitrogen and oxygen atoms in total. The van der Waals surface area contributed by atoms with Crippen LogP contribution in [0.5, 0.6) is 0 Å². The summed E-state index contributed by atoms with van der Waals surface area (Å²) >= 11 is 3.43. The van der Waals surface area contributed by atoms with Gasteiger partial charge in [0.25, 0.3) is 17.7 Å². The maximum atomic E-state index is 13.1. The Morgan fingerprint density at radius 1 is 0.435 bits per heavy atom. The lowest BCUT2D eigenvalue weighted by Crippen LogP contribution is -2.19. The molecule has 0 heterocycles. The molecule has 0 aliphatic heterocycles. The average Bonchev–Trinajstić information content (AvgIpc) is 3.29. The second-order valence-corrected chi connectivity index (χ2v) is 19.9. The first-order valence-corrected chi connectivity index (χ1v) is 24.6. The van der Waals surface area contributed by atoms with E-state index in [2.05, 4.69) is 106 Å². The van der Waals surface area contributed by atoms with Crippen molar-refractivity contribution in [2.75, 3.05) is 16.0 Å². The number of rotatable bonds is 15. The van der Waals surface area contributed by atoms with Crippen molar-refractivity contribution in [2.45, 2.75) is 112 Å². The molecule has 3 amide bonds. The van der Waals surface area contributed by atoms with Crippen LogP contribution in [-0.4, -0.2) is 17.7 Å². The number of halogens is 4. The normalized spacial score (nSPS) is 12.5. The van der Waals surface area contributed by atoms with E-state index in [9.17, 15) is 27.6 Å². The Kier molecular flexibility index (Phi) is 21.5. The SMILES string of the molecule is CC(C)CC(C)c1ccccc1NC(=O)c1ccccc1Br.CC(C)CC(C)c1ccccc1NC(=O)c1ccccc1C(F)(F)F.Cc1ccccc1C(=O)Nc1ccccc1C(C)CC(C)C. The van der Waals surface area contributed by atoms with Gasteiger partial charge in [-0.2, -0.15) is 13.2 Å². The highest BCUT2D eigenvalue weighted by Gasteiger charge is 2.35. The lowest BCUT2D eigenvalue weighted by atomic mass is 9.91. The van der Waals surface area contributed by atoms with E-state index in [0.29, 0.717) is 40.8 Å². The predicted molar refractivity (Wildman–Crippen MR) is 284 cm³/mol. The number of hydrogen-bond donors (Lipinski definition) is 3. The molecule has 6 aromatic rings. The summed E-state index contributed by atoms with van der Waals surface area (Å²) in [5.41, 5.74) is 6.76. The Labute approximate surface area is 417 Å². The van der Waals surface area contributed by atoms with Crippen LogP contribution in [-0.2, 0) is 6.18 Å². The molecule has 366 valence electrons. The summed E-state index contributed by atoms with van der Waals surface area (Å²) in [5.74, 6) is 1.89.